The van der Waals surface area contributed by atoms with E-state index in [1.807, 2.05) is 24.3 Å². The Morgan fingerprint density at radius 1 is 1.32 bits per heavy atom. The lowest BCUT2D eigenvalue weighted by molar-refractivity contribution is -0.182. The molecule has 3 atom stereocenters. The quantitative estimate of drug-likeness (QED) is 0.591. The summed E-state index contributed by atoms with van der Waals surface area (Å²) in [6, 6.07) is 7.11. The molecule has 0 aromatic heterocycles. The Morgan fingerprint density at radius 2 is 2.00 bits per heavy atom. The zero-order chi connectivity index (χ0) is 14.0. The zero-order valence-corrected chi connectivity index (χ0v) is 11.0. The summed E-state index contributed by atoms with van der Waals surface area (Å²) in [6.07, 6.45) is -0.984. The van der Waals surface area contributed by atoms with Gasteiger partial charge in [-0.15, -0.1) is 0 Å². The van der Waals surface area contributed by atoms with Gasteiger partial charge in [0.05, 0.1) is 14.2 Å². The molecule has 0 amide bonds. The van der Waals surface area contributed by atoms with Gasteiger partial charge in [0, 0.05) is 13.1 Å². The molecule has 6 heteroatoms. The van der Waals surface area contributed by atoms with Crippen molar-refractivity contribution in [1.29, 1.82) is 0 Å². The molecular weight excluding hydrogens is 250 g/mol. The van der Waals surface area contributed by atoms with Gasteiger partial charge in [-0.25, -0.2) is 10.9 Å². The van der Waals surface area contributed by atoms with Crippen LogP contribution in [-0.2, 0) is 23.9 Å². The predicted molar refractivity (Wildman–Crippen MR) is 64.9 cm³/mol. The second kappa shape index (κ2) is 5.46. The number of methoxy groups -OCH3 is 2. The first-order valence-corrected chi connectivity index (χ1v) is 5.87. The van der Waals surface area contributed by atoms with E-state index in [2.05, 4.69) is 4.74 Å². The number of carbonyl (C=O) groups is 2. The topological polar surface area (TPSA) is 65.1 Å². The number of hydroxylamine groups is 2. The van der Waals surface area contributed by atoms with Crippen LogP contribution in [0.1, 0.15) is 11.6 Å². The van der Waals surface area contributed by atoms with E-state index in [4.69, 9.17) is 9.57 Å². The molecule has 19 heavy (non-hydrogen) atoms. The molecule has 1 aromatic rings. The Hall–Kier alpha value is -1.79. The van der Waals surface area contributed by atoms with E-state index in [1.54, 1.807) is 7.05 Å². The molecule has 1 saturated heterocycles. The van der Waals surface area contributed by atoms with E-state index in [0.717, 1.165) is 5.56 Å². The number of hydrogen-bond acceptors (Lipinski definition) is 6. The van der Waals surface area contributed by atoms with Crippen molar-refractivity contribution in [2.45, 2.75) is 12.1 Å². The Balaban J connectivity index is 2.35. The lowest BCUT2D eigenvalue weighted by Gasteiger charge is -2.25. The maximum atomic E-state index is 12.0. The number of hydrogen-bond donors (Lipinski definition) is 0. The van der Waals surface area contributed by atoms with Gasteiger partial charge in [-0.1, -0.05) is 0 Å². The largest absolute Gasteiger partial charge is 0.469 e. The summed E-state index contributed by atoms with van der Waals surface area (Å²) in [4.78, 5) is 29.1. The van der Waals surface area contributed by atoms with E-state index in [1.165, 1.54) is 19.3 Å². The molecule has 0 bridgehead atoms. The fourth-order valence-corrected chi connectivity index (χ4v) is 2.40. The van der Waals surface area contributed by atoms with Crippen LogP contribution in [0.5, 0.6) is 0 Å². The molecule has 0 unspecified atom stereocenters. The standard InChI is InChI=1S/C13H16NO5/c1-14-10(8-6-4-5-7-8)9(12(15)17-2)11(19-14)13(16)18-3/h4-7,9-11H,1-3H3/q-1/t9-,10+,11+/m0/s1. The van der Waals surface area contributed by atoms with Crippen LogP contribution < -0.4 is 0 Å². The van der Waals surface area contributed by atoms with Gasteiger partial charge in [0.1, 0.15) is 5.92 Å². The van der Waals surface area contributed by atoms with Crippen LogP contribution in [0, 0.1) is 5.92 Å². The molecule has 0 saturated carbocycles. The third kappa shape index (κ3) is 2.36. The van der Waals surface area contributed by atoms with E-state index in [9.17, 15) is 9.59 Å². The summed E-state index contributed by atoms with van der Waals surface area (Å²) in [7, 11) is 4.23. The summed E-state index contributed by atoms with van der Waals surface area (Å²) in [5.41, 5.74) is 0.893. The van der Waals surface area contributed by atoms with Crippen LogP contribution in [0.3, 0.4) is 0 Å². The average molecular weight is 266 g/mol. The van der Waals surface area contributed by atoms with Crippen LogP contribution in [0.2, 0.25) is 0 Å². The molecular formula is C13H16NO5-. The minimum absolute atomic E-state index is 0.369. The van der Waals surface area contributed by atoms with Gasteiger partial charge in [-0.2, -0.15) is 28.8 Å². The van der Waals surface area contributed by atoms with Gasteiger partial charge in [0.15, 0.2) is 6.10 Å². The molecule has 1 aliphatic heterocycles. The summed E-state index contributed by atoms with van der Waals surface area (Å²) in [5.74, 6) is -1.83. The maximum absolute atomic E-state index is 12.0. The van der Waals surface area contributed by atoms with Crippen LogP contribution in [0.25, 0.3) is 0 Å². The highest BCUT2D eigenvalue weighted by Crippen LogP contribution is 2.39. The fourth-order valence-electron chi connectivity index (χ4n) is 2.40. The first kappa shape index (κ1) is 13.6. The highest BCUT2D eigenvalue weighted by atomic mass is 16.7. The second-order valence-corrected chi connectivity index (χ2v) is 4.31. The van der Waals surface area contributed by atoms with Gasteiger partial charge >= 0.3 is 11.9 Å². The maximum Gasteiger partial charge on any atom is 0.338 e. The van der Waals surface area contributed by atoms with Gasteiger partial charge in [-0.05, 0) is 0 Å². The highest BCUT2D eigenvalue weighted by molar-refractivity contribution is 5.85. The van der Waals surface area contributed by atoms with Gasteiger partial charge in [0.2, 0.25) is 0 Å². The van der Waals surface area contributed by atoms with Gasteiger partial charge in [0.25, 0.3) is 0 Å². The molecule has 6 nitrogen and oxygen atoms in total. The Kier molecular flexibility index (Phi) is 3.92. The lowest BCUT2D eigenvalue weighted by atomic mass is 9.91. The Morgan fingerprint density at radius 3 is 2.53 bits per heavy atom. The summed E-state index contributed by atoms with van der Waals surface area (Å²) in [5, 5.41) is 1.50. The number of rotatable bonds is 3. The molecule has 1 aromatic carbocycles. The number of nitrogens with zero attached hydrogens (tertiary/aromatic N) is 1. The summed E-state index contributed by atoms with van der Waals surface area (Å²) in [6.45, 7) is 0. The molecule has 1 aliphatic rings. The van der Waals surface area contributed by atoms with Crippen LogP contribution >= 0.6 is 0 Å². The van der Waals surface area contributed by atoms with Crippen molar-refractivity contribution in [3.63, 3.8) is 0 Å². The normalized spacial score (nSPS) is 27.2. The van der Waals surface area contributed by atoms with E-state index in [0.29, 0.717) is 0 Å². The molecule has 0 aliphatic carbocycles. The average Bonchev–Trinajstić information content (AvgIpc) is 3.03. The third-order valence-corrected chi connectivity index (χ3v) is 3.27. The zero-order valence-electron chi connectivity index (χ0n) is 11.0. The number of esters is 2. The molecule has 1 heterocycles. The lowest BCUT2D eigenvalue weighted by Crippen LogP contribution is -2.35. The molecule has 104 valence electrons. The van der Waals surface area contributed by atoms with Crippen molar-refractivity contribution in [1.82, 2.24) is 5.06 Å². The Bertz CT molecular complexity index is 456. The second-order valence-electron chi connectivity index (χ2n) is 4.31. The monoisotopic (exact) mass is 266 g/mol. The Labute approximate surface area is 111 Å². The van der Waals surface area contributed by atoms with Crippen molar-refractivity contribution >= 4 is 11.9 Å². The smallest absolute Gasteiger partial charge is 0.338 e. The number of carbonyl (C=O) groups excluding carboxylic acids is 2. The SMILES string of the molecule is COC(=O)[C@H]1[C@@H](c2cc[cH-]c2)N(C)O[C@H]1C(=O)OC. The predicted octanol–water partition coefficient (Wildman–Crippen LogP) is 0.654. The van der Waals surface area contributed by atoms with Crippen molar-refractivity contribution in [3.05, 3.63) is 29.8 Å². The summed E-state index contributed by atoms with van der Waals surface area (Å²) < 4.78 is 9.46. The van der Waals surface area contributed by atoms with Crippen molar-refractivity contribution in [2.24, 2.45) is 5.92 Å². The van der Waals surface area contributed by atoms with Gasteiger partial charge in [-0.3, -0.25) is 9.63 Å². The van der Waals surface area contributed by atoms with Crippen molar-refractivity contribution in [3.8, 4) is 0 Å². The number of ether oxygens (including phenoxy) is 2. The van der Waals surface area contributed by atoms with Crippen LogP contribution in [-0.4, -0.2) is 44.4 Å². The minimum atomic E-state index is -0.984. The van der Waals surface area contributed by atoms with E-state index in [-0.39, 0.29) is 6.04 Å². The first-order chi connectivity index (χ1) is 9.10. The van der Waals surface area contributed by atoms with Gasteiger partial charge < -0.3 is 9.47 Å². The molecule has 1 fully saturated rings. The van der Waals surface area contributed by atoms with Crippen molar-refractivity contribution in [2.75, 3.05) is 21.3 Å². The van der Waals surface area contributed by atoms with Crippen LogP contribution in [0.4, 0.5) is 0 Å². The molecule has 2 rings (SSSR count). The summed E-state index contributed by atoms with van der Waals surface area (Å²) >= 11 is 0. The van der Waals surface area contributed by atoms with E-state index < -0.39 is 24.0 Å². The highest BCUT2D eigenvalue weighted by Gasteiger charge is 2.49. The third-order valence-electron chi connectivity index (χ3n) is 3.27. The first-order valence-electron chi connectivity index (χ1n) is 5.87. The fraction of sp³-hybridized carbons (Fsp3) is 0.462. The van der Waals surface area contributed by atoms with Crippen molar-refractivity contribution < 1.29 is 23.9 Å². The molecule has 0 spiro atoms. The van der Waals surface area contributed by atoms with Crippen LogP contribution in [0.15, 0.2) is 24.3 Å². The molecule has 0 radical (unpaired) electrons. The molecule has 0 N–H and O–H groups in total. The van der Waals surface area contributed by atoms with E-state index >= 15 is 0 Å². The minimum Gasteiger partial charge on any atom is -0.469 e.